The molecule has 0 unspecified atom stereocenters. The maximum absolute atomic E-state index is 10.8. The Labute approximate surface area is 71.6 Å². The fourth-order valence-corrected chi connectivity index (χ4v) is 1.42. The predicted molar refractivity (Wildman–Crippen MR) is 46.8 cm³/mol. The highest BCUT2D eigenvalue weighted by atomic mass is 16.4. The van der Waals surface area contributed by atoms with Crippen LogP contribution in [0.1, 0.15) is 22.5 Å². The smallest absolute Gasteiger partial charge is 0.415 e. The van der Waals surface area contributed by atoms with Crippen molar-refractivity contribution in [2.75, 3.05) is 0 Å². The second-order valence-corrected chi connectivity index (χ2v) is 3.04. The summed E-state index contributed by atoms with van der Waals surface area (Å²) in [5.41, 5.74) is 3.76. The monoisotopic (exact) mass is 167 g/mol. The lowest BCUT2D eigenvalue weighted by Gasteiger charge is -2.00. The molecule has 0 fully saturated rings. The van der Waals surface area contributed by atoms with E-state index in [1.807, 2.05) is 27.7 Å². The molecule has 0 aliphatic carbocycles. The number of carboxylic acid groups (broad SMARTS) is 1. The van der Waals surface area contributed by atoms with Crippen LogP contribution in [0.25, 0.3) is 0 Å². The van der Waals surface area contributed by atoms with E-state index >= 15 is 0 Å². The van der Waals surface area contributed by atoms with Gasteiger partial charge in [-0.15, -0.1) is 0 Å². The third kappa shape index (κ3) is 1.02. The molecule has 0 aromatic carbocycles. The van der Waals surface area contributed by atoms with Gasteiger partial charge in [0, 0.05) is 11.4 Å². The molecule has 1 aromatic heterocycles. The lowest BCUT2D eigenvalue weighted by atomic mass is 10.2. The van der Waals surface area contributed by atoms with E-state index in [9.17, 15) is 4.79 Å². The van der Waals surface area contributed by atoms with Crippen molar-refractivity contribution in [1.29, 1.82) is 0 Å². The highest BCUT2D eigenvalue weighted by Crippen LogP contribution is 2.19. The summed E-state index contributed by atoms with van der Waals surface area (Å²) in [7, 11) is 0. The molecule has 0 radical (unpaired) electrons. The van der Waals surface area contributed by atoms with Gasteiger partial charge in [0.1, 0.15) is 0 Å². The van der Waals surface area contributed by atoms with Crippen LogP contribution in [0, 0.1) is 27.7 Å². The van der Waals surface area contributed by atoms with Crippen LogP contribution in [-0.4, -0.2) is 15.8 Å². The van der Waals surface area contributed by atoms with Crippen molar-refractivity contribution in [2.24, 2.45) is 0 Å². The topological polar surface area (TPSA) is 42.2 Å². The zero-order valence-electron chi connectivity index (χ0n) is 7.80. The summed E-state index contributed by atoms with van der Waals surface area (Å²) in [6.07, 6.45) is -0.902. The zero-order valence-corrected chi connectivity index (χ0v) is 7.80. The van der Waals surface area contributed by atoms with Crippen LogP contribution < -0.4 is 0 Å². The summed E-state index contributed by atoms with van der Waals surface area (Å²) in [6, 6.07) is 0. The molecule has 0 aliphatic heterocycles. The summed E-state index contributed by atoms with van der Waals surface area (Å²) in [5.74, 6) is 0. The maximum atomic E-state index is 10.8. The van der Waals surface area contributed by atoms with Gasteiger partial charge in [0.2, 0.25) is 0 Å². The van der Waals surface area contributed by atoms with Gasteiger partial charge >= 0.3 is 6.09 Å². The Hall–Kier alpha value is -1.25. The second-order valence-electron chi connectivity index (χ2n) is 3.04. The van der Waals surface area contributed by atoms with E-state index in [2.05, 4.69) is 0 Å². The zero-order chi connectivity index (χ0) is 9.46. The number of aromatic nitrogens is 1. The molecule has 1 heterocycles. The second kappa shape index (κ2) is 2.66. The molecule has 0 aliphatic rings. The molecule has 0 atom stereocenters. The van der Waals surface area contributed by atoms with Crippen molar-refractivity contribution in [3.05, 3.63) is 22.5 Å². The van der Waals surface area contributed by atoms with Crippen LogP contribution in [0.3, 0.4) is 0 Å². The van der Waals surface area contributed by atoms with E-state index in [0.29, 0.717) is 0 Å². The fourth-order valence-electron chi connectivity index (χ4n) is 1.42. The van der Waals surface area contributed by atoms with Gasteiger partial charge in [0.25, 0.3) is 0 Å². The lowest BCUT2D eigenvalue weighted by molar-refractivity contribution is 0.195. The molecule has 12 heavy (non-hydrogen) atoms. The third-order valence-electron chi connectivity index (χ3n) is 2.51. The Morgan fingerprint density at radius 1 is 1.08 bits per heavy atom. The van der Waals surface area contributed by atoms with Crippen molar-refractivity contribution < 1.29 is 9.90 Å². The molecule has 66 valence electrons. The first-order valence-electron chi connectivity index (χ1n) is 3.85. The lowest BCUT2D eigenvalue weighted by Crippen LogP contribution is -2.11. The molecular formula is C9H13NO2. The predicted octanol–water partition coefficient (Wildman–Crippen LogP) is 2.25. The number of hydrogen-bond acceptors (Lipinski definition) is 1. The van der Waals surface area contributed by atoms with Crippen LogP contribution >= 0.6 is 0 Å². The summed E-state index contributed by atoms with van der Waals surface area (Å²) >= 11 is 0. The minimum Gasteiger partial charge on any atom is -0.464 e. The molecular weight excluding hydrogens is 154 g/mol. The minimum atomic E-state index is -0.902. The molecule has 1 N–H and O–H groups in total. The molecule has 1 aromatic rings. The van der Waals surface area contributed by atoms with Crippen molar-refractivity contribution >= 4 is 6.09 Å². The fraction of sp³-hybridized carbons (Fsp3) is 0.444. The van der Waals surface area contributed by atoms with Gasteiger partial charge in [-0.1, -0.05) is 0 Å². The molecule has 1 rings (SSSR count). The van der Waals surface area contributed by atoms with Crippen molar-refractivity contribution in [2.45, 2.75) is 27.7 Å². The molecule has 0 amide bonds. The number of nitrogens with zero attached hydrogens (tertiary/aromatic N) is 1. The van der Waals surface area contributed by atoms with Gasteiger partial charge in [-0.25, -0.2) is 4.79 Å². The van der Waals surface area contributed by atoms with Crippen LogP contribution in [0.5, 0.6) is 0 Å². The Bertz CT molecular complexity index is 311. The first kappa shape index (κ1) is 8.84. The van der Waals surface area contributed by atoms with Crippen LogP contribution in [-0.2, 0) is 0 Å². The number of rotatable bonds is 0. The average Bonchev–Trinajstić information content (AvgIpc) is 2.16. The normalized spacial score (nSPS) is 10.3. The van der Waals surface area contributed by atoms with Gasteiger partial charge in [-0.05, 0) is 38.8 Å². The number of hydrogen-bond donors (Lipinski definition) is 1. The Kier molecular flexibility index (Phi) is 1.96. The van der Waals surface area contributed by atoms with Crippen LogP contribution in [0.2, 0.25) is 0 Å². The van der Waals surface area contributed by atoms with E-state index in [-0.39, 0.29) is 0 Å². The first-order valence-corrected chi connectivity index (χ1v) is 3.85. The van der Waals surface area contributed by atoms with E-state index in [1.54, 1.807) is 0 Å². The van der Waals surface area contributed by atoms with E-state index in [4.69, 9.17) is 5.11 Å². The van der Waals surface area contributed by atoms with Crippen LogP contribution in [0.4, 0.5) is 4.79 Å². The van der Waals surface area contributed by atoms with Gasteiger partial charge in [0.15, 0.2) is 0 Å². The van der Waals surface area contributed by atoms with Gasteiger partial charge in [0.05, 0.1) is 0 Å². The van der Waals surface area contributed by atoms with Gasteiger partial charge in [-0.3, -0.25) is 4.57 Å². The first-order chi connectivity index (χ1) is 5.46. The summed E-state index contributed by atoms with van der Waals surface area (Å²) in [4.78, 5) is 10.8. The van der Waals surface area contributed by atoms with Gasteiger partial charge < -0.3 is 5.11 Å². The highest BCUT2D eigenvalue weighted by Gasteiger charge is 2.14. The van der Waals surface area contributed by atoms with E-state index < -0.39 is 6.09 Å². The quantitative estimate of drug-likeness (QED) is 0.643. The summed E-state index contributed by atoms with van der Waals surface area (Å²) in [5, 5.41) is 8.85. The standard InChI is InChI=1S/C9H13NO2/c1-5-6(2)8(4)10(7(5)3)9(11)12/h1-4H3,(H,11,12). The van der Waals surface area contributed by atoms with Gasteiger partial charge in [-0.2, -0.15) is 0 Å². The summed E-state index contributed by atoms with van der Waals surface area (Å²) < 4.78 is 1.32. The van der Waals surface area contributed by atoms with E-state index in [1.165, 1.54) is 4.57 Å². The SMILES string of the molecule is Cc1c(C)c(C)n(C(=O)O)c1C. The molecule has 0 spiro atoms. The maximum Gasteiger partial charge on any atom is 0.415 e. The molecule has 0 bridgehead atoms. The van der Waals surface area contributed by atoms with Crippen molar-refractivity contribution in [1.82, 2.24) is 4.57 Å². The largest absolute Gasteiger partial charge is 0.464 e. The number of carbonyl (C=O) groups is 1. The van der Waals surface area contributed by atoms with Crippen molar-refractivity contribution in [3.63, 3.8) is 0 Å². The third-order valence-corrected chi connectivity index (χ3v) is 2.51. The Balaban J connectivity index is 3.48. The Morgan fingerprint density at radius 2 is 1.42 bits per heavy atom. The molecule has 0 saturated carbocycles. The molecule has 3 heteroatoms. The molecule has 0 saturated heterocycles. The van der Waals surface area contributed by atoms with E-state index in [0.717, 1.165) is 22.5 Å². The summed E-state index contributed by atoms with van der Waals surface area (Å²) in [6.45, 7) is 7.53. The highest BCUT2D eigenvalue weighted by molar-refractivity contribution is 5.71. The minimum absolute atomic E-state index is 0.817. The van der Waals surface area contributed by atoms with Crippen molar-refractivity contribution in [3.8, 4) is 0 Å². The molecule has 3 nitrogen and oxygen atoms in total. The van der Waals surface area contributed by atoms with Crippen LogP contribution in [0.15, 0.2) is 0 Å². The Morgan fingerprint density at radius 3 is 1.58 bits per heavy atom. The average molecular weight is 167 g/mol.